The number of hydrogen-bond donors (Lipinski definition) is 0. The quantitative estimate of drug-likeness (QED) is 0.304. The monoisotopic (exact) mass is 502 g/mol. The minimum Gasteiger partial charge on any atom is -0.0994 e. The van der Waals surface area contributed by atoms with Crippen LogP contribution in [0.2, 0.25) is 0 Å². The van der Waals surface area contributed by atoms with E-state index in [4.69, 9.17) is 0 Å². The first kappa shape index (κ1) is 25.2. The predicted octanol–water partition coefficient (Wildman–Crippen LogP) is 10.6. The van der Waals surface area contributed by atoms with Crippen molar-refractivity contribution in [2.45, 2.75) is 164 Å². The van der Waals surface area contributed by atoms with Gasteiger partial charge in [0, 0.05) is 0 Å². The normalized spacial score (nSPS) is 38.5. The molecule has 0 radical (unpaired) electrons. The Morgan fingerprint density at radius 2 is 0.559 bits per heavy atom. The molecule has 34 heavy (non-hydrogen) atoms. The maximum Gasteiger partial charge on any atom is -0.0172 e. The van der Waals surface area contributed by atoms with E-state index >= 15 is 0 Å². The molecule has 6 aliphatic rings. The molecule has 0 N–H and O–H groups in total. The maximum absolute atomic E-state index is 1.75. The van der Waals surface area contributed by atoms with Gasteiger partial charge >= 0.3 is 0 Å². The Balaban J connectivity index is 1.13. The summed E-state index contributed by atoms with van der Waals surface area (Å²) >= 11 is 0. The van der Waals surface area contributed by atoms with Crippen molar-refractivity contribution in [2.75, 3.05) is 12.3 Å². The van der Waals surface area contributed by atoms with Gasteiger partial charge in [-0.1, -0.05) is 92.9 Å². The van der Waals surface area contributed by atoms with E-state index in [1.54, 1.807) is 154 Å². The van der Waals surface area contributed by atoms with Crippen LogP contribution in [0.1, 0.15) is 141 Å². The first-order valence-electron chi connectivity index (χ1n) is 16.4. The molecule has 6 rings (SSSR count). The third kappa shape index (κ3) is 5.50. The molecule has 0 aromatic heterocycles. The Hall–Kier alpha value is 0.860. The van der Waals surface area contributed by atoms with Crippen molar-refractivity contribution in [1.29, 1.82) is 0 Å². The minimum absolute atomic E-state index is 0.369. The highest BCUT2D eigenvalue weighted by Gasteiger charge is 2.50. The van der Waals surface area contributed by atoms with Crippen molar-refractivity contribution in [1.82, 2.24) is 0 Å². The van der Waals surface area contributed by atoms with Gasteiger partial charge in [-0.05, 0) is 123 Å². The molecule has 0 spiro atoms. The van der Waals surface area contributed by atoms with Crippen molar-refractivity contribution in [3.05, 3.63) is 0 Å². The predicted molar refractivity (Wildman–Crippen MR) is 154 cm³/mol. The Bertz CT molecular complexity index is 507. The summed E-state index contributed by atoms with van der Waals surface area (Å²) in [5, 5.41) is 0. The van der Waals surface area contributed by atoms with Crippen molar-refractivity contribution >= 4 is 15.8 Å². The molecule has 4 aliphatic carbocycles. The molecule has 0 bridgehead atoms. The first-order valence-corrected chi connectivity index (χ1v) is 19.7. The standard InChI is InChI=1S/C32H56P2/c1-5-13-25(14-6-1)29-23-30(26-15-7-2-8-16-26)33(29)21-22-34-31(27-17-9-3-10-18-27)24-32(34)28-19-11-4-12-20-28/h25-32H,1-24H2/t29-,30-,31-,32-/m1/s1. The van der Waals surface area contributed by atoms with Gasteiger partial charge in [-0.2, -0.15) is 0 Å². The molecule has 0 aromatic carbocycles. The SMILES string of the molecule is C1CCC([C@H]2C[C@H](C3CCCCC3)P2CCP2[C@@H](C3CCCCC3)C[C@@H]2C2CCCCC2)CC1. The van der Waals surface area contributed by atoms with Crippen LogP contribution in [0.5, 0.6) is 0 Å². The highest BCUT2D eigenvalue weighted by Crippen LogP contribution is 2.71. The molecule has 0 nitrogen and oxygen atoms in total. The summed E-state index contributed by atoms with van der Waals surface area (Å²) in [6, 6.07) is 0. The molecular formula is C32H56P2. The van der Waals surface area contributed by atoms with Crippen LogP contribution in [0.4, 0.5) is 0 Å². The van der Waals surface area contributed by atoms with Gasteiger partial charge in [-0.15, -0.1) is 0 Å². The maximum atomic E-state index is 1.75. The second kappa shape index (κ2) is 12.1. The smallest absolute Gasteiger partial charge is 0.0172 e. The number of rotatable bonds is 7. The van der Waals surface area contributed by atoms with Crippen molar-refractivity contribution in [3.63, 3.8) is 0 Å². The van der Waals surface area contributed by atoms with Crippen LogP contribution in [-0.2, 0) is 0 Å². The molecule has 194 valence electrons. The van der Waals surface area contributed by atoms with Crippen LogP contribution in [0.15, 0.2) is 0 Å². The Labute approximate surface area is 215 Å². The lowest BCUT2D eigenvalue weighted by molar-refractivity contribution is 0.272. The average molecular weight is 503 g/mol. The summed E-state index contributed by atoms with van der Waals surface area (Å²) in [5.74, 6) is 4.66. The molecule has 6 fully saturated rings. The van der Waals surface area contributed by atoms with Crippen LogP contribution in [0.25, 0.3) is 0 Å². The van der Waals surface area contributed by atoms with E-state index < -0.39 is 0 Å². The van der Waals surface area contributed by atoms with Crippen LogP contribution in [0.3, 0.4) is 0 Å². The zero-order valence-corrected chi connectivity index (χ0v) is 24.3. The lowest BCUT2D eigenvalue weighted by Crippen LogP contribution is -2.45. The zero-order chi connectivity index (χ0) is 22.7. The third-order valence-electron chi connectivity index (χ3n) is 12.1. The molecule has 2 saturated heterocycles. The number of hydrogen-bond acceptors (Lipinski definition) is 0. The van der Waals surface area contributed by atoms with Gasteiger partial charge in [-0.25, -0.2) is 0 Å². The Morgan fingerprint density at radius 3 is 0.794 bits per heavy atom. The molecule has 2 heteroatoms. The van der Waals surface area contributed by atoms with E-state index in [9.17, 15) is 0 Å². The average Bonchev–Trinajstić information content (AvgIpc) is 2.88. The lowest BCUT2D eigenvalue weighted by Gasteiger charge is -2.57. The molecule has 4 atom stereocenters. The topological polar surface area (TPSA) is 0 Å². The van der Waals surface area contributed by atoms with Crippen molar-refractivity contribution in [3.8, 4) is 0 Å². The molecular weight excluding hydrogens is 446 g/mol. The van der Waals surface area contributed by atoms with Gasteiger partial charge in [-0.3, -0.25) is 0 Å². The molecule has 2 heterocycles. The van der Waals surface area contributed by atoms with E-state index in [2.05, 4.69) is 0 Å². The highest BCUT2D eigenvalue weighted by molar-refractivity contribution is 7.65. The van der Waals surface area contributed by atoms with E-state index in [1.807, 2.05) is 0 Å². The molecule has 4 saturated carbocycles. The van der Waals surface area contributed by atoms with Crippen LogP contribution < -0.4 is 0 Å². The zero-order valence-electron chi connectivity index (χ0n) is 22.5. The largest absolute Gasteiger partial charge is 0.0994 e. The molecule has 2 aliphatic heterocycles. The van der Waals surface area contributed by atoms with Gasteiger partial charge in [0.15, 0.2) is 0 Å². The highest BCUT2D eigenvalue weighted by atomic mass is 31.1. The minimum atomic E-state index is 0.369. The van der Waals surface area contributed by atoms with Crippen molar-refractivity contribution in [2.24, 2.45) is 23.7 Å². The van der Waals surface area contributed by atoms with E-state index in [0.717, 1.165) is 23.7 Å². The summed E-state index contributed by atoms with van der Waals surface area (Å²) in [7, 11) is 0.737. The molecule has 0 unspecified atom stereocenters. The van der Waals surface area contributed by atoms with Crippen LogP contribution in [0, 0.1) is 23.7 Å². The van der Waals surface area contributed by atoms with Gasteiger partial charge in [0.25, 0.3) is 0 Å². The third-order valence-corrected chi connectivity index (χ3v) is 19.8. The fourth-order valence-corrected chi connectivity index (χ4v) is 18.8. The van der Waals surface area contributed by atoms with Crippen LogP contribution in [-0.4, -0.2) is 35.0 Å². The fraction of sp³-hybridized carbons (Fsp3) is 1.00. The van der Waals surface area contributed by atoms with Gasteiger partial charge in [0.1, 0.15) is 0 Å². The van der Waals surface area contributed by atoms with Gasteiger partial charge < -0.3 is 0 Å². The first-order chi connectivity index (χ1) is 16.9. The van der Waals surface area contributed by atoms with Gasteiger partial charge in [0.05, 0.1) is 0 Å². The summed E-state index contributed by atoms with van der Waals surface area (Å²) in [6.07, 6.45) is 38.5. The fourth-order valence-electron chi connectivity index (χ4n) is 10.1. The summed E-state index contributed by atoms with van der Waals surface area (Å²) < 4.78 is 0. The van der Waals surface area contributed by atoms with Crippen LogP contribution >= 0.6 is 15.8 Å². The van der Waals surface area contributed by atoms with E-state index in [0.29, 0.717) is 15.8 Å². The Kier molecular flexibility index (Phi) is 8.99. The van der Waals surface area contributed by atoms with Gasteiger partial charge in [0.2, 0.25) is 0 Å². The summed E-state index contributed by atoms with van der Waals surface area (Å²) in [5.41, 5.74) is 4.89. The Morgan fingerprint density at radius 1 is 0.324 bits per heavy atom. The van der Waals surface area contributed by atoms with Crippen molar-refractivity contribution < 1.29 is 0 Å². The summed E-state index contributed by atoms with van der Waals surface area (Å²) in [4.78, 5) is 0. The molecule has 0 aromatic rings. The molecule has 0 amide bonds. The lowest BCUT2D eigenvalue weighted by atomic mass is 9.80. The summed E-state index contributed by atoms with van der Waals surface area (Å²) in [6.45, 7) is 0. The van der Waals surface area contributed by atoms with E-state index in [1.165, 1.54) is 22.6 Å². The second-order valence-corrected chi connectivity index (χ2v) is 19.4. The van der Waals surface area contributed by atoms with E-state index in [-0.39, 0.29) is 0 Å². The second-order valence-electron chi connectivity index (χ2n) is 13.8.